The fraction of sp³-hybridized carbons (Fsp3) is 0.481. The lowest BCUT2D eigenvalue weighted by Crippen LogP contribution is -2.42. The molecule has 33 heavy (non-hydrogen) atoms. The summed E-state index contributed by atoms with van der Waals surface area (Å²) in [5.74, 6) is -0.686. The zero-order chi connectivity index (χ0) is 24.2. The van der Waals surface area contributed by atoms with E-state index in [2.05, 4.69) is 6.07 Å². The van der Waals surface area contributed by atoms with Crippen molar-refractivity contribution in [2.45, 2.75) is 70.1 Å². The summed E-state index contributed by atoms with van der Waals surface area (Å²) in [6.45, 7) is 8.49. The second-order valence-electron chi connectivity index (χ2n) is 9.92. The van der Waals surface area contributed by atoms with Gasteiger partial charge in [-0.3, -0.25) is 4.79 Å². The van der Waals surface area contributed by atoms with E-state index in [-0.39, 0.29) is 10.8 Å². The van der Waals surface area contributed by atoms with E-state index in [1.54, 1.807) is 29.2 Å². The Morgan fingerprint density at radius 1 is 1.03 bits per heavy atom. The largest absolute Gasteiger partial charge is 0.338 e. The van der Waals surface area contributed by atoms with E-state index in [0.29, 0.717) is 38.8 Å². The molecular weight excluding hydrogens is 432 g/mol. The van der Waals surface area contributed by atoms with Gasteiger partial charge < -0.3 is 4.90 Å². The maximum Gasteiger partial charge on any atom is 0.227 e. The van der Waals surface area contributed by atoms with E-state index >= 15 is 0 Å². The van der Waals surface area contributed by atoms with Crippen LogP contribution in [0.2, 0.25) is 0 Å². The molecule has 176 valence electrons. The monoisotopic (exact) mass is 466 g/mol. The highest BCUT2D eigenvalue weighted by Gasteiger charge is 2.43. The van der Waals surface area contributed by atoms with E-state index < -0.39 is 26.4 Å². The lowest BCUT2D eigenvalue weighted by Gasteiger charge is -2.30. The lowest BCUT2D eigenvalue weighted by atomic mass is 9.91. The van der Waals surface area contributed by atoms with Gasteiger partial charge in [-0.25, -0.2) is 8.42 Å². The second-order valence-corrected chi connectivity index (χ2v) is 12.1. The smallest absolute Gasteiger partial charge is 0.227 e. The van der Waals surface area contributed by atoms with E-state index in [0.717, 1.165) is 16.7 Å². The average molecular weight is 467 g/mol. The molecule has 1 fully saturated rings. The Kier molecular flexibility index (Phi) is 7.64. The van der Waals surface area contributed by atoms with Gasteiger partial charge >= 0.3 is 0 Å². The lowest BCUT2D eigenvalue weighted by molar-refractivity contribution is -0.136. The minimum absolute atomic E-state index is 0.123. The van der Waals surface area contributed by atoms with Gasteiger partial charge in [-0.15, -0.1) is 0 Å². The number of hydrogen-bond acceptors (Lipinski definition) is 4. The van der Waals surface area contributed by atoms with Crippen molar-refractivity contribution in [3.8, 4) is 6.07 Å². The SMILES string of the molecule is Cc1ccc(CN(CCC(C)(C)C#N)C(=O)[C@@H]2CCC[C@H]2S(=O)(=O)c2ccc(C)cc2)cc1. The van der Waals surface area contributed by atoms with Gasteiger partial charge in [0, 0.05) is 13.1 Å². The molecule has 2 atom stereocenters. The number of rotatable bonds is 8. The molecule has 2 aromatic rings. The molecule has 1 amide bonds. The van der Waals surface area contributed by atoms with Crippen molar-refractivity contribution in [2.24, 2.45) is 11.3 Å². The summed E-state index contributed by atoms with van der Waals surface area (Å²) in [6.07, 6.45) is 2.31. The van der Waals surface area contributed by atoms with Crippen LogP contribution in [0.5, 0.6) is 0 Å². The van der Waals surface area contributed by atoms with Gasteiger partial charge in [-0.1, -0.05) is 53.9 Å². The fourth-order valence-corrected chi connectivity index (χ4v) is 6.40. The number of sulfone groups is 1. The summed E-state index contributed by atoms with van der Waals surface area (Å²) < 4.78 is 26.9. The number of amides is 1. The van der Waals surface area contributed by atoms with Gasteiger partial charge in [0.25, 0.3) is 0 Å². The molecule has 1 aliphatic carbocycles. The number of nitrogens with zero attached hydrogens (tertiary/aromatic N) is 2. The molecule has 0 spiro atoms. The Hall–Kier alpha value is -2.65. The Bertz CT molecular complexity index is 1110. The summed E-state index contributed by atoms with van der Waals surface area (Å²) in [6, 6.07) is 17.2. The van der Waals surface area contributed by atoms with Crippen LogP contribution in [0.25, 0.3) is 0 Å². The number of carbonyl (C=O) groups is 1. The third-order valence-corrected chi connectivity index (χ3v) is 8.92. The average Bonchev–Trinajstić information content (AvgIpc) is 3.29. The number of carbonyl (C=O) groups excluding carboxylic acids is 1. The maximum atomic E-state index is 13.7. The van der Waals surface area contributed by atoms with Crippen molar-refractivity contribution >= 4 is 15.7 Å². The van der Waals surface area contributed by atoms with Crippen molar-refractivity contribution in [3.05, 3.63) is 65.2 Å². The van der Waals surface area contributed by atoms with Gasteiger partial charge in [-0.2, -0.15) is 5.26 Å². The third kappa shape index (κ3) is 6.03. The number of benzene rings is 2. The number of hydrogen-bond donors (Lipinski definition) is 0. The first-order chi connectivity index (χ1) is 15.5. The summed E-state index contributed by atoms with van der Waals surface area (Å²) in [5, 5.41) is 8.73. The molecule has 0 aliphatic heterocycles. The molecule has 0 radical (unpaired) electrons. The molecule has 0 heterocycles. The Labute approximate surface area is 198 Å². The molecule has 2 aromatic carbocycles. The normalized spacial score (nSPS) is 18.6. The molecule has 0 aromatic heterocycles. The number of nitriles is 1. The van der Waals surface area contributed by atoms with Crippen molar-refractivity contribution < 1.29 is 13.2 Å². The van der Waals surface area contributed by atoms with Crippen LogP contribution >= 0.6 is 0 Å². The molecule has 1 saturated carbocycles. The van der Waals surface area contributed by atoms with Crippen molar-refractivity contribution in [1.29, 1.82) is 5.26 Å². The molecule has 6 heteroatoms. The molecule has 0 saturated heterocycles. The maximum absolute atomic E-state index is 13.7. The molecular formula is C27H34N2O3S. The molecule has 1 aliphatic rings. The summed E-state index contributed by atoms with van der Waals surface area (Å²) >= 11 is 0. The molecule has 5 nitrogen and oxygen atoms in total. The van der Waals surface area contributed by atoms with Crippen LogP contribution in [0.3, 0.4) is 0 Å². The van der Waals surface area contributed by atoms with Gasteiger partial charge in [0.15, 0.2) is 9.84 Å². The summed E-state index contributed by atoms with van der Waals surface area (Å²) in [5.41, 5.74) is 2.58. The second kappa shape index (κ2) is 10.1. The van der Waals surface area contributed by atoms with E-state index in [1.165, 1.54) is 0 Å². The molecule has 0 bridgehead atoms. The topological polar surface area (TPSA) is 78.2 Å². The first-order valence-corrected chi connectivity index (χ1v) is 13.1. The Morgan fingerprint density at radius 2 is 1.61 bits per heavy atom. The van der Waals surface area contributed by atoms with Crippen LogP contribution in [-0.2, 0) is 21.2 Å². The molecule has 3 rings (SSSR count). The van der Waals surface area contributed by atoms with Crippen LogP contribution in [0, 0.1) is 36.5 Å². The Morgan fingerprint density at radius 3 is 2.18 bits per heavy atom. The van der Waals surface area contributed by atoms with Crippen LogP contribution < -0.4 is 0 Å². The summed E-state index contributed by atoms with van der Waals surface area (Å²) in [4.78, 5) is 15.8. The zero-order valence-corrected chi connectivity index (χ0v) is 20.9. The van der Waals surface area contributed by atoms with E-state index in [4.69, 9.17) is 0 Å². The fourth-order valence-electron chi connectivity index (χ4n) is 4.37. The molecule has 0 N–H and O–H groups in total. The first kappa shape index (κ1) is 25.0. The van der Waals surface area contributed by atoms with Crippen molar-refractivity contribution in [2.75, 3.05) is 6.54 Å². The van der Waals surface area contributed by atoms with Gasteiger partial charge in [-0.05, 0) is 64.7 Å². The molecule has 0 unspecified atom stereocenters. The summed E-state index contributed by atoms with van der Waals surface area (Å²) in [7, 11) is -3.61. The van der Waals surface area contributed by atoms with Crippen LogP contribution in [0.1, 0.15) is 56.2 Å². The van der Waals surface area contributed by atoms with Crippen molar-refractivity contribution in [1.82, 2.24) is 4.90 Å². The van der Waals surface area contributed by atoms with Crippen LogP contribution in [0.15, 0.2) is 53.4 Å². The minimum Gasteiger partial charge on any atom is -0.338 e. The predicted molar refractivity (Wildman–Crippen MR) is 130 cm³/mol. The van der Waals surface area contributed by atoms with Crippen LogP contribution in [-0.4, -0.2) is 31.0 Å². The minimum atomic E-state index is -3.61. The first-order valence-electron chi connectivity index (χ1n) is 11.6. The third-order valence-electron chi connectivity index (χ3n) is 6.63. The highest BCUT2D eigenvalue weighted by atomic mass is 32.2. The highest BCUT2D eigenvalue weighted by molar-refractivity contribution is 7.92. The van der Waals surface area contributed by atoms with E-state index in [1.807, 2.05) is 52.0 Å². The number of aryl methyl sites for hydroxylation is 2. The van der Waals surface area contributed by atoms with Crippen molar-refractivity contribution in [3.63, 3.8) is 0 Å². The standard InChI is InChI=1S/C27H34N2O3S/c1-20-8-12-22(13-9-20)18-29(17-16-27(3,4)19-28)26(30)24-6-5-7-25(24)33(31,32)23-14-10-21(2)11-15-23/h8-15,24-25H,5-7,16-18H2,1-4H3/t24-,25-/m1/s1. The van der Waals surface area contributed by atoms with E-state index in [9.17, 15) is 18.5 Å². The predicted octanol–water partition coefficient (Wildman–Crippen LogP) is 5.21. The van der Waals surface area contributed by atoms with Gasteiger partial charge in [0.1, 0.15) is 0 Å². The highest BCUT2D eigenvalue weighted by Crippen LogP contribution is 2.36. The zero-order valence-electron chi connectivity index (χ0n) is 20.0. The van der Waals surface area contributed by atoms with Crippen LogP contribution in [0.4, 0.5) is 0 Å². The van der Waals surface area contributed by atoms with Gasteiger partial charge in [0.05, 0.1) is 27.5 Å². The Balaban J connectivity index is 1.87. The quantitative estimate of drug-likeness (QED) is 0.535. The van der Waals surface area contributed by atoms with Gasteiger partial charge in [0.2, 0.25) is 5.91 Å².